The fourth-order valence-electron chi connectivity index (χ4n) is 2.02. The number of aromatic nitrogens is 1. The van der Waals surface area contributed by atoms with Crippen molar-refractivity contribution < 1.29 is 0 Å². The predicted molar refractivity (Wildman–Crippen MR) is 63.8 cm³/mol. The van der Waals surface area contributed by atoms with Crippen molar-refractivity contribution in [2.45, 2.75) is 19.3 Å². The van der Waals surface area contributed by atoms with Crippen LogP contribution >= 0.6 is 0 Å². The van der Waals surface area contributed by atoms with Gasteiger partial charge in [0.2, 0.25) is 0 Å². The van der Waals surface area contributed by atoms with Crippen molar-refractivity contribution in [3.05, 3.63) is 11.6 Å². The zero-order valence-electron chi connectivity index (χ0n) is 9.11. The van der Waals surface area contributed by atoms with E-state index in [0.29, 0.717) is 22.9 Å². The fourth-order valence-corrected chi connectivity index (χ4v) is 2.02. The molecule has 5 heteroatoms. The van der Waals surface area contributed by atoms with Gasteiger partial charge >= 0.3 is 0 Å². The summed E-state index contributed by atoms with van der Waals surface area (Å²) in [6.45, 7) is 1.84. The van der Waals surface area contributed by atoms with E-state index in [9.17, 15) is 0 Å². The van der Waals surface area contributed by atoms with E-state index in [-0.39, 0.29) is 0 Å². The summed E-state index contributed by atoms with van der Waals surface area (Å²) in [5.74, 6) is 1.01. The zero-order chi connectivity index (χ0) is 11.5. The Morgan fingerprint density at radius 2 is 1.94 bits per heavy atom. The minimum absolute atomic E-state index is 0.372. The van der Waals surface area contributed by atoms with E-state index in [1.807, 2.05) is 0 Å². The molecule has 0 amide bonds. The van der Waals surface area contributed by atoms with Gasteiger partial charge in [-0.3, -0.25) is 0 Å². The van der Waals surface area contributed by atoms with Gasteiger partial charge in [-0.15, -0.1) is 0 Å². The van der Waals surface area contributed by atoms with Gasteiger partial charge in [-0.2, -0.15) is 5.26 Å². The molecule has 2 rings (SSSR count). The fraction of sp³-hybridized carbons (Fsp3) is 0.455. The van der Waals surface area contributed by atoms with Gasteiger partial charge in [0.1, 0.15) is 17.5 Å². The summed E-state index contributed by atoms with van der Waals surface area (Å²) in [7, 11) is 0. The maximum atomic E-state index is 9.08. The van der Waals surface area contributed by atoms with Crippen LogP contribution in [-0.2, 0) is 0 Å². The molecule has 0 aromatic carbocycles. The molecule has 1 aliphatic heterocycles. The number of hydrogen-bond donors (Lipinski definition) is 2. The van der Waals surface area contributed by atoms with Gasteiger partial charge in [0.25, 0.3) is 0 Å². The third-order valence-electron chi connectivity index (χ3n) is 2.82. The van der Waals surface area contributed by atoms with Gasteiger partial charge < -0.3 is 16.4 Å². The minimum Gasteiger partial charge on any atom is -0.397 e. The lowest BCUT2D eigenvalue weighted by Crippen LogP contribution is -2.31. The Bertz CT molecular complexity index is 429. The van der Waals surface area contributed by atoms with E-state index in [4.69, 9.17) is 16.7 Å². The average Bonchev–Trinajstić information content (AvgIpc) is 2.29. The Balaban J connectivity index is 2.42. The van der Waals surface area contributed by atoms with Gasteiger partial charge in [-0.1, -0.05) is 0 Å². The molecule has 4 N–H and O–H groups in total. The van der Waals surface area contributed by atoms with E-state index < -0.39 is 0 Å². The molecule has 84 valence electrons. The van der Waals surface area contributed by atoms with Crippen LogP contribution in [-0.4, -0.2) is 18.1 Å². The molecule has 1 fully saturated rings. The summed E-state index contributed by atoms with van der Waals surface area (Å²) >= 11 is 0. The van der Waals surface area contributed by atoms with Gasteiger partial charge in [-0.05, 0) is 19.3 Å². The molecule has 1 saturated heterocycles. The monoisotopic (exact) mass is 217 g/mol. The van der Waals surface area contributed by atoms with Gasteiger partial charge in [0.15, 0.2) is 5.82 Å². The largest absolute Gasteiger partial charge is 0.397 e. The first-order chi connectivity index (χ1) is 7.72. The Kier molecular flexibility index (Phi) is 2.82. The first kappa shape index (κ1) is 10.6. The normalized spacial score (nSPS) is 15.8. The third-order valence-corrected chi connectivity index (χ3v) is 2.82. The van der Waals surface area contributed by atoms with Crippen molar-refractivity contribution in [3.8, 4) is 6.07 Å². The number of piperidine rings is 1. The number of nitriles is 1. The lowest BCUT2D eigenvalue weighted by Gasteiger charge is -2.28. The molecule has 0 radical (unpaired) electrons. The lowest BCUT2D eigenvalue weighted by molar-refractivity contribution is 0.573. The number of anilines is 3. The van der Waals surface area contributed by atoms with Crippen LogP contribution < -0.4 is 16.4 Å². The average molecular weight is 217 g/mol. The molecular weight excluding hydrogens is 202 g/mol. The molecule has 1 aromatic rings. The highest BCUT2D eigenvalue weighted by Crippen LogP contribution is 2.27. The van der Waals surface area contributed by atoms with Crippen molar-refractivity contribution in [2.75, 3.05) is 29.5 Å². The van der Waals surface area contributed by atoms with Crippen molar-refractivity contribution >= 4 is 17.3 Å². The molecule has 1 aliphatic rings. The number of nitrogens with zero attached hydrogens (tertiary/aromatic N) is 3. The summed E-state index contributed by atoms with van der Waals surface area (Å²) in [5, 5.41) is 9.08. The van der Waals surface area contributed by atoms with E-state index in [0.717, 1.165) is 25.9 Å². The highest BCUT2D eigenvalue weighted by Gasteiger charge is 2.18. The quantitative estimate of drug-likeness (QED) is 0.735. The first-order valence-corrected chi connectivity index (χ1v) is 5.43. The second-order valence-corrected chi connectivity index (χ2v) is 3.99. The van der Waals surface area contributed by atoms with Crippen LogP contribution in [0.5, 0.6) is 0 Å². The van der Waals surface area contributed by atoms with Crippen LogP contribution in [0, 0.1) is 11.3 Å². The molecule has 16 heavy (non-hydrogen) atoms. The number of hydrogen-bond acceptors (Lipinski definition) is 5. The summed E-state index contributed by atoms with van der Waals surface area (Å²) in [6.07, 6.45) is 3.48. The summed E-state index contributed by atoms with van der Waals surface area (Å²) in [4.78, 5) is 6.32. The van der Waals surface area contributed by atoms with Crippen molar-refractivity contribution in [1.82, 2.24) is 4.98 Å². The summed E-state index contributed by atoms with van der Waals surface area (Å²) < 4.78 is 0. The molecule has 0 unspecified atom stereocenters. The molecule has 2 heterocycles. The Labute approximate surface area is 94.7 Å². The summed E-state index contributed by atoms with van der Waals surface area (Å²) in [5.41, 5.74) is 12.3. The lowest BCUT2D eigenvalue weighted by atomic mass is 10.1. The standard InChI is InChI=1S/C11H15N5/c12-7-8-9(13)6-10(14)15-11(8)16-4-2-1-3-5-16/h6H,1-5H2,(H4,13,14,15). The van der Waals surface area contributed by atoms with Crippen LogP contribution in [0.25, 0.3) is 0 Å². The van der Waals surface area contributed by atoms with Crippen LogP contribution in [0.4, 0.5) is 17.3 Å². The Morgan fingerprint density at radius 3 is 2.56 bits per heavy atom. The first-order valence-electron chi connectivity index (χ1n) is 5.43. The number of rotatable bonds is 1. The highest BCUT2D eigenvalue weighted by atomic mass is 15.2. The predicted octanol–water partition coefficient (Wildman–Crippen LogP) is 1.11. The Hall–Kier alpha value is -1.96. The second kappa shape index (κ2) is 4.27. The van der Waals surface area contributed by atoms with Gasteiger partial charge in [-0.25, -0.2) is 4.98 Å². The maximum Gasteiger partial charge on any atom is 0.151 e. The van der Waals surface area contributed by atoms with E-state index in [2.05, 4.69) is 16.0 Å². The van der Waals surface area contributed by atoms with Crippen molar-refractivity contribution in [3.63, 3.8) is 0 Å². The van der Waals surface area contributed by atoms with E-state index >= 15 is 0 Å². The molecule has 0 aliphatic carbocycles. The number of nitrogens with two attached hydrogens (primary N) is 2. The van der Waals surface area contributed by atoms with Gasteiger partial charge in [0.05, 0.1) is 5.69 Å². The maximum absolute atomic E-state index is 9.08. The van der Waals surface area contributed by atoms with E-state index in [1.54, 1.807) is 0 Å². The van der Waals surface area contributed by atoms with Crippen LogP contribution in [0.15, 0.2) is 6.07 Å². The number of nitrogen functional groups attached to an aromatic ring is 2. The van der Waals surface area contributed by atoms with Crippen LogP contribution in [0.2, 0.25) is 0 Å². The Morgan fingerprint density at radius 1 is 1.25 bits per heavy atom. The smallest absolute Gasteiger partial charge is 0.151 e. The third kappa shape index (κ3) is 1.87. The highest BCUT2D eigenvalue weighted by molar-refractivity contribution is 5.70. The molecule has 0 spiro atoms. The van der Waals surface area contributed by atoms with Crippen molar-refractivity contribution in [1.29, 1.82) is 5.26 Å². The number of pyridine rings is 1. The second-order valence-electron chi connectivity index (χ2n) is 3.99. The van der Waals surface area contributed by atoms with Crippen LogP contribution in [0.1, 0.15) is 24.8 Å². The van der Waals surface area contributed by atoms with Crippen LogP contribution in [0.3, 0.4) is 0 Å². The molecule has 0 bridgehead atoms. The molecular formula is C11H15N5. The SMILES string of the molecule is N#Cc1c(N)cc(N)nc1N1CCCCC1. The molecule has 1 aromatic heterocycles. The molecule has 5 nitrogen and oxygen atoms in total. The van der Waals surface area contributed by atoms with Crippen molar-refractivity contribution in [2.24, 2.45) is 0 Å². The van der Waals surface area contributed by atoms with Gasteiger partial charge in [0, 0.05) is 19.2 Å². The topological polar surface area (TPSA) is 92.0 Å². The summed E-state index contributed by atoms with van der Waals surface area (Å²) in [6, 6.07) is 3.64. The van der Waals surface area contributed by atoms with E-state index in [1.165, 1.54) is 12.5 Å². The molecule has 0 atom stereocenters. The minimum atomic E-state index is 0.372. The molecule has 0 saturated carbocycles. The zero-order valence-corrected chi connectivity index (χ0v) is 9.11.